The fourth-order valence-corrected chi connectivity index (χ4v) is 4.95. The van der Waals surface area contributed by atoms with Crippen molar-refractivity contribution in [2.45, 2.75) is 11.4 Å². The summed E-state index contributed by atoms with van der Waals surface area (Å²) in [7, 11) is -2.49. The van der Waals surface area contributed by atoms with Crippen molar-refractivity contribution >= 4 is 33.0 Å². The third-order valence-corrected chi connectivity index (χ3v) is 6.71. The normalized spacial score (nSPS) is 11.1. The van der Waals surface area contributed by atoms with Crippen LogP contribution in [0, 0.1) is 0 Å². The number of hydroxylamine groups is 1. The first-order valence-electron chi connectivity index (χ1n) is 8.20. The summed E-state index contributed by atoms with van der Waals surface area (Å²) in [5.41, 5.74) is 2.51. The molecule has 0 fully saturated rings. The smallest absolute Gasteiger partial charge is 0.286 e. The van der Waals surface area contributed by atoms with Crippen molar-refractivity contribution in [2.75, 3.05) is 11.4 Å². The number of anilines is 1. The summed E-state index contributed by atoms with van der Waals surface area (Å²) in [6.45, 7) is 0.0254. The topological polar surface area (TPSA) is 95.9 Å². The van der Waals surface area contributed by atoms with Crippen LogP contribution in [0.5, 0.6) is 5.75 Å². The predicted molar refractivity (Wildman–Crippen MR) is 106 cm³/mol. The number of rotatable bonds is 7. The van der Waals surface area contributed by atoms with Crippen molar-refractivity contribution in [1.82, 2.24) is 5.48 Å². The zero-order valence-corrected chi connectivity index (χ0v) is 16.5. The lowest BCUT2D eigenvalue weighted by atomic mass is 10.2. The summed E-state index contributed by atoms with van der Waals surface area (Å²) in [6, 6.07) is 16.6. The molecule has 0 saturated carbocycles. The number of carbonyl (C=O) groups is 1. The van der Waals surface area contributed by atoms with Gasteiger partial charge in [0.25, 0.3) is 15.9 Å². The first kappa shape index (κ1) is 19.9. The number of sulfonamides is 1. The summed E-state index contributed by atoms with van der Waals surface area (Å²) in [6.07, 6.45) is 0. The number of carbonyl (C=O) groups excluding carboxylic acids is 1. The van der Waals surface area contributed by atoms with Crippen molar-refractivity contribution in [3.05, 3.63) is 76.5 Å². The molecule has 0 radical (unpaired) electrons. The van der Waals surface area contributed by atoms with E-state index in [1.54, 1.807) is 41.2 Å². The van der Waals surface area contributed by atoms with Crippen LogP contribution in [0.4, 0.5) is 5.69 Å². The molecule has 0 unspecified atom stereocenters. The summed E-state index contributed by atoms with van der Waals surface area (Å²) < 4.78 is 33.0. The number of thiophene rings is 1. The molecule has 7 nitrogen and oxygen atoms in total. The molecule has 1 heterocycles. The first-order valence-corrected chi connectivity index (χ1v) is 10.5. The highest BCUT2D eigenvalue weighted by molar-refractivity contribution is 7.92. The zero-order valence-electron chi connectivity index (χ0n) is 14.9. The number of amides is 1. The molecule has 1 aromatic heterocycles. The van der Waals surface area contributed by atoms with Crippen molar-refractivity contribution < 1.29 is 23.2 Å². The number of benzene rings is 2. The maximum Gasteiger partial charge on any atom is 0.286 e. The third kappa shape index (κ3) is 4.01. The lowest BCUT2D eigenvalue weighted by molar-refractivity contribution is 0.0711. The van der Waals surface area contributed by atoms with E-state index in [2.05, 4.69) is 0 Å². The van der Waals surface area contributed by atoms with Crippen LogP contribution in [0.2, 0.25) is 0 Å². The van der Waals surface area contributed by atoms with E-state index in [0.29, 0.717) is 5.75 Å². The van der Waals surface area contributed by atoms with E-state index in [-0.39, 0.29) is 22.0 Å². The summed E-state index contributed by atoms with van der Waals surface area (Å²) in [5, 5.41) is 10.6. The Bertz CT molecular complexity index is 1050. The Hall–Kier alpha value is -2.88. The van der Waals surface area contributed by atoms with E-state index in [1.807, 2.05) is 18.2 Å². The van der Waals surface area contributed by atoms with Crippen LogP contribution < -0.4 is 14.5 Å². The second-order valence-electron chi connectivity index (χ2n) is 5.75. The van der Waals surface area contributed by atoms with Gasteiger partial charge in [0.15, 0.2) is 0 Å². The molecule has 1 amide bonds. The Morgan fingerprint density at radius 2 is 1.79 bits per heavy atom. The minimum atomic E-state index is -3.99. The maximum atomic E-state index is 13.4. The molecule has 0 bridgehead atoms. The molecule has 0 aliphatic carbocycles. The van der Waals surface area contributed by atoms with Gasteiger partial charge in [-0.1, -0.05) is 30.3 Å². The first-order chi connectivity index (χ1) is 13.5. The van der Waals surface area contributed by atoms with Crippen LogP contribution in [0.3, 0.4) is 0 Å². The van der Waals surface area contributed by atoms with Gasteiger partial charge in [-0.15, -0.1) is 11.3 Å². The molecule has 0 aliphatic rings. The Labute approximate surface area is 166 Å². The Kier molecular flexibility index (Phi) is 5.98. The Morgan fingerprint density at radius 1 is 1.11 bits per heavy atom. The molecule has 3 aromatic rings. The number of ether oxygens (including phenoxy) is 1. The monoisotopic (exact) mass is 418 g/mol. The fourth-order valence-electron chi connectivity index (χ4n) is 2.64. The van der Waals surface area contributed by atoms with Gasteiger partial charge >= 0.3 is 0 Å². The van der Waals surface area contributed by atoms with Crippen molar-refractivity contribution in [1.29, 1.82) is 0 Å². The number of nitrogens with zero attached hydrogens (tertiary/aromatic N) is 1. The van der Waals surface area contributed by atoms with Crippen LogP contribution in [-0.4, -0.2) is 26.6 Å². The molecule has 3 rings (SSSR count). The molecule has 28 heavy (non-hydrogen) atoms. The molecule has 2 N–H and O–H groups in total. The van der Waals surface area contributed by atoms with Crippen molar-refractivity contribution in [3.8, 4) is 5.75 Å². The van der Waals surface area contributed by atoms with E-state index >= 15 is 0 Å². The molecular weight excluding hydrogens is 400 g/mol. The zero-order chi connectivity index (χ0) is 20.1. The molecular formula is C19H18N2O5S2. The Morgan fingerprint density at radius 3 is 2.39 bits per heavy atom. The third-order valence-electron chi connectivity index (χ3n) is 4.04. The number of hydrogen-bond acceptors (Lipinski definition) is 6. The lowest BCUT2D eigenvalue weighted by Gasteiger charge is -2.25. The molecule has 0 spiro atoms. The summed E-state index contributed by atoms with van der Waals surface area (Å²) in [5.74, 6) is -0.238. The molecule has 2 aromatic carbocycles. The van der Waals surface area contributed by atoms with E-state index in [4.69, 9.17) is 9.94 Å². The van der Waals surface area contributed by atoms with E-state index in [0.717, 1.165) is 21.2 Å². The molecule has 146 valence electrons. The molecule has 0 aliphatic heterocycles. The molecule has 9 heteroatoms. The van der Waals surface area contributed by atoms with Crippen LogP contribution >= 0.6 is 11.3 Å². The van der Waals surface area contributed by atoms with Gasteiger partial charge in [0.2, 0.25) is 0 Å². The number of nitrogens with one attached hydrogen (secondary N) is 1. The van der Waals surface area contributed by atoms with Gasteiger partial charge in [-0.2, -0.15) is 0 Å². The Balaban J connectivity index is 2.10. The number of methoxy groups -OCH3 is 1. The highest BCUT2D eigenvalue weighted by Gasteiger charge is 2.29. The van der Waals surface area contributed by atoms with Gasteiger partial charge in [-0.25, -0.2) is 13.9 Å². The largest absolute Gasteiger partial charge is 0.497 e. The average molecular weight is 418 g/mol. The summed E-state index contributed by atoms with van der Waals surface area (Å²) in [4.78, 5) is 12.2. The van der Waals surface area contributed by atoms with E-state index in [1.165, 1.54) is 19.2 Å². The van der Waals surface area contributed by atoms with Crippen LogP contribution in [0.25, 0.3) is 0 Å². The van der Waals surface area contributed by atoms with Gasteiger partial charge in [-0.3, -0.25) is 14.3 Å². The molecule has 0 atom stereocenters. The second kappa shape index (κ2) is 8.42. The van der Waals surface area contributed by atoms with Gasteiger partial charge in [-0.05, 0) is 41.3 Å². The van der Waals surface area contributed by atoms with Crippen LogP contribution in [-0.2, 0) is 16.6 Å². The van der Waals surface area contributed by atoms with Gasteiger partial charge in [0, 0.05) is 0 Å². The standard InChI is InChI=1S/C19H18N2O5S2/c1-26-15-7-9-16(10-8-15)28(24,25)21(13-14-5-3-2-4-6-14)17-11-12-27-18(17)19(22)20-23/h2-12,23H,13H2,1H3,(H,20,22). The lowest BCUT2D eigenvalue weighted by Crippen LogP contribution is -2.32. The number of hydrogen-bond donors (Lipinski definition) is 2. The highest BCUT2D eigenvalue weighted by atomic mass is 32.2. The minimum Gasteiger partial charge on any atom is -0.497 e. The summed E-state index contributed by atoms with van der Waals surface area (Å²) >= 11 is 1.04. The minimum absolute atomic E-state index is 0.0254. The van der Waals surface area contributed by atoms with Crippen molar-refractivity contribution in [2.24, 2.45) is 0 Å². The van der Waals surface area contributed by atoms with Crippen molar-refractivity contribution in [3.63, 3.8) is 0 Å². The average Bonchev–Trinajstić information content (AvgIpc) is 3.21. The predicted octanol–water partition coefficient (Wildman–Crippen LogP) is 3.27. The highest BCUT2D eigenvalue weighted by Crippen LogP contribution is 2.33. The van der Waals surface area contributed by atoms with Gasteiger partial charge < -0.3 is 4.74 Å². The van der Waals surface area contributed by atoms with Gasteiger partial charge in [0.1, 0.15) is 10.6 Å². The maximum absolute atomic E-state index is 13.4. The SMILES string of the molecule is COc1ccc(S(=O)(=O)N(Cc2ccccc2)c2ccsc2C(=O)NO)cc1. The van der Waals surface area contributed by atoms with Crippen LogP contribution in [0.1, 0.15) is 15.2 Å². The van der Waals surface area contributed by atoms with E-state index in [9.17, 15) is 13.2 Å². The second-order valence-corrected chi connectivity index (χ2v) is 8.53. The van der Waals surface area contributed by atoms with Crippen LogP contribution in [0.15, 0.2) is 70.9 Å². The molecule has 0 saturated heterocycles. The van der Waals surface area contributed by atoms with Gasteiger partial charge in [0.05, 0.1) is 24.2 Å². The van der Waals surface area contributed by atoms with E-state index < -0.39 is 15.9 Å². The fraction of sp³-hybridized carbons (Fsp3) is 0.105. The quantitative estimate of drug-likeness (QED) is 0.453.